The molecule has 2 N–H and O–H groups in total. The van der Waals surface area contributed by atoms with Crippen LogP contribution in [0.25, 0.3) is 32.9 Å². The number of aromatic nitrogens is 3. The quantitative estimate of drug-likeness (QED) is 0.466. The number of piperidine rings is 1. The van der Waals surface area contributed by atoms with Gasteiger partial charge in [0.1, 0.15) is 16.3 Å². The minimum absolute atomic E-state index is 0.00117. The molecule has 33 heavy (non-hydrogen) atoms. The highest BCUT2D eigenvalue weighted by Gasteiger charge is 2.23. The van der Waals surface area contributed by atoms with Gasteiger partial charge in [-0.25, -0.2) is 9.97 Å². The van der Waals surface area contributed by atoms with Crippen molar-refractivity contribution in [3.63, 3.8) is 0 Å². The third-order valence-corrected chi connectivity index (χ3v) is 6.91. The molecule has 1 amide bonds. The molecule has 0 atom stereocenters. The summed E-state index contributed by atoms with van der Waals surface area (Å²) >= 11 is 1.62. The number of rotatable bonds is 5. The second kappa shape index (κ2) is 9.25. The van der Waals surface area contributed by atoms with Gasteiger partial charge in [-0.3, -0.25) is 9.78 Å². The van der Waals surface area contributed by atoms with E-state index in [1.54, 1.807) is 22.4 Å². The number of likely N-dealkylation sites (tertiary alicyclic amines) is 1. The Bertz CT molecular complexity index is 1270. The van der Waals surface area contributed by atoms with E-state index in [1.165, 1.54) is 0 Å². The maximum absolute atomic E-state index is 12.9. The molecule has 1 aliphatic heterocycles. The van der Waals surface area contributed by atoms with Gasteiger partial charge in [0.25, 0.3) is 0 Å². The summed E-state index contributed by atoms with van der Waals surface area (Å²) in [6.07, 6.45) is 2.65. The maximum atomic E-state index is 12.9. The third kappa shape index (κ3) is 4.44. The molecule has 1 saturated heterocycles. The van der Waals surface area contributed by atoms with Crippen molar-refractivity contribution in [2.24, 2.45) is 0 Å². The van der Waals surface area contributed by atoms with Crippen molar-refractivity contribution in [3.05, 3.63) is 59.6 Å². The predicted octanol–water partition coefficient (Wildman–Crippen LogP) is 4.12. The van der Waals surface area contributed by atoms with Gasteiger partial charge in [-0.15, -0.1) is 11.3 Å². The van der Waals surface area contributed by atoms with Crippen molar-refractivity contribution in [2.75, 3.05) is 25.0 Å². The molecule has 8 heteroatoms. The molecule has 3 aromatic heterocycles. The van der Waals surface area contributed by atoms with E-state index in [4.69, 9.17) is 9.97 Å². The summed E-state index contributed by atoms with van der Waals surface area (Å²) in [5.41, 5.74) is 2.86. The van der Waals surface area contributed by atoms with Crippen LogP contribution in [0.2, 0.25) is 0 Å². The summed E-state index contributed by atoms with van der Waals surface area (Å²) in [7, 11) is 0. The van der Waals surface area contributed by atoms with Gasteiger partial charge < -0.3 is 15.3 Å². The number of aliphatic hydroxyl groups is 1. The Labute approximate surface area is 196 Å². The molecule has 0 spiro atoms. The van der Waals surface area contributed by atoms with Gasteiger partial charge in [0.05, 0.1) is 18.0 Å². The average molecular weight is 460 g/mol. The number of aryl methyl sites for hydroxylation is 1. The number of anilines is 1. The van der Waals surface area contributed by atoms with Gasteiger partial charge >= 0.3 is 0 Å². The highest BCUT2D eigenvalue weighted by molar-refractivity contribution is 7.19. The molecule has 4 aromatic rings. The van der Waals surface area contributed by atoms with Gasteiger partial charge in [0.15, 0.2) is 5.82 Å². The zero-order chi connectivity index (χ0) is 22.8. The van der Waals surface area contributed by atoms with Crippen molar-refractivity contribution in [3.8, 4) is 22.6 Å². The van der Waals surface area contributed by atoms with Crippen molar-refractivity contribution in [1.29, 1.82) is 0 Å². The van der Waals surface area contributed by atoms with E-state index in [-0.39, 0.29) is 18.6 Å². The zero-order valence-corrected chi connectivity index (χ0v) is 19.2. The van der Waals surface area contributed by atoms with Crippen LogP contribution < -0.4 is 5.32 Å². The van der Waals surface area contributed by atoms with Crippen LogP contribution >= 0.6 is 11.3 Å². The van der Waals surface area contributed by atoms with Crippen LogP contribution in [0.1, 0.15) is 17.7 Å². The second-order valence-electron chi connectivity index (χ2n) is 8.16. The van der Waals surface area contributed by atoms with E-state index in [0.29, 0.717) is 43.3 Å². The molecule has 0 radical (unpaired) electrons. The Kier molecular flexibility index (Phi) is 6.02. The fourth-order valence-corrected chi connectivity index (χ4v) is 5.23. The molecular formula is C25H25N5O2S. The lowest BCUT2D eigenvalue weighted by atomic mass is 10.0. The number of aliphatic hydroxyl groups excluding tert-OH is 1. The van der Waals surface area contributed by atoms with Gasteiger partial charge in [0, 0.05) is 29.7 Å². The van der Waals surface area contributed by atoms with E-state index in [2.05, 4.69) is 29.4 Å². The van der Waals surface area contributed by atoms with Crippen LogP contribution in [0.5, 0.6) is 0 Å². The van der Waals surface area contributed by atoms with Crippen LogP contribution in [0.15, 0.2) is 54.7 Å². The molecule has 168 valence electrons. The number of hydrogen-bond acceptors (Lipinski definition) is 7. The standard InChI is InChI=1S/C25H25N5O2S/c1-16-21(17-7-3-2-4-8-17)22-24(27-15-20(32)30-13-10-18(31)11-14-30)28-23(29-25(22)33-16)19-9-5-6-12-26-19/h2-9,12,18,31H,10-11,13-15H2,1H3,(H,27,28,29). The largest absolute Gasteiger partial charge is 0.393 e. The molecule has 0 aliphatic carbocycles. The molecule has 0 saturated carbocycles. The molecule has 0 bridgehead atoms. The number of amides is 1. The van der Waals surface area contributed by atoms with Crippen molar-refractivity contribution < 1.29 is 9.90 Å². The van der Waals surface area contributed by atoms with Gasteiger partial charge in [0.2, 0.25) is 5.91 Å². The summed E-state index contributed by atoms with van der Waals surface area (Å²) in [5, 5.41) is 14.0. The number of nitrogens with zero attached hydrogens (tertiary/aromatic N) is 4. The number of benzene rings is 1. The van der Waals surface area contributed by atoms with E-state index in [1.807, 2.05) is 36.4 Å². The first-order chi connectivity index (χ1) is 16.1. The van der Waals surface area contributed by atoms with Crippen molar-refractivity contribution in [1.82, 2.24) is 19.9 Å². The first-order valence-corrected chi connectivity index (χ1v) is 11.9. The first-order valence-electron chi connectivity index (χ1n) is 11.1. The van der Waals surface area contributed by atoms with Crippen LogP contribution in [0, 0.1) is 6.92 Å². The number of nitrogens with one attached hydrogen (secondary N) is 1. The summed E-state index contributed by atoms with van der Waals surface area (Å²) in [6, 6.07) is 15.8. The van der Waals surface area contributed by atoms with Crippen LogP contribution in [-0.2, 0) is 4.79 Å². The highest BCUT2D eigenvalue weighted by Crippen LogP contribution is 2.41. The molecule has 1 aliphatic rings. The lowest BCUT2D eigenvalue weighted by molar-refractivity contribution is -0.131. The number of carbonyl (C=O) groups excluding carboxylic acids is 1. The van der Waals surface area contributed by atoms with Crippen LogP contribution in [0.3, 0.4) is 0 Å². The normalized spacial score (nSPS) is 14.5. The smallest absolute Gasteiger partial charge is 0.241 e. The fraction of sp³-hybridized carbons (Fsp3) is 0.280. The third-order valence-electron chi connectivity index (χ3n) is 5.91. The monoisotopic (exact) mass is 459 g/mol. The minimum atomic E-state index is -0.313. The van der Waals surface area contributed by atoms with E-state index in [0.717, 1.165) is 26.2 Å². The minimum Gasteiger partial charge on any atom is -0.393 e. The number of pyridine rings is 1. The summed E-state index contributed by atoms with van der Waals surface area (Å²) < 4.78 is 0. The SMILES string of the molecule is Cc1sc2nc(-c3ccccn3)nc(NCC(=O)N3CCC(O)CC3)c2c1-c1ccccc1. The number of hydrogen-bond donors (Lipinski definition) is 2. The van der Waals surface area contributed by atoms with E-state index >= 15 is 0 Å². The van der Waals surface area contributed by atoms with Crippen molar-refractivity contribution >= 4 is 33.3 Å². The lowest BCUT2D eigenvalue weighted by Crippen LogP contribution is -2.42. The summed E-state index contributed by atoms with van der Waals surface area (Å²) in [6.45, 7) is 3.37. The second-order valence-corrected chi connectivity index (χ2v) is 9.36. The molecule has 7 nitrogen and oxygen atoms in total. The highest BCUT2D eigenvalue weighted by atomic mass is 32.1. The van der Waals surface area contributed by atoms with Crippen LogP contribution in [-0.4, -0.2) is 56.6 Å². The molecule has 1 aromatic carbocycles. The molecule has 4 heterocycles. The molecule has 0 unspecified atom stereocenters. The van der Waals surface area contributed by atoms with E-state index in [9.17, 15) is 9.90 Å². The number of carbonyl (C=O) groups is 1. The van der Waals surface area contributed by atoms with Gasteiger partial charge in [-0.1, -0.05) is 36.4 Å². The van der Waals surface area contributed by atoms with Crippen LogP contribution in [0.4, 0.5) is 5.82 Å². The first kappa shape index (κ1) is 21.5. The topological polar surface area (TPSA) is 91.2 Å². The fourth-order valence-electron chi connectivity index (χ4n) is 4.19. The molecule has 5 rings (SSSR count). The summed E-state index contributed by atoms with van der Waals surface area (Å²) in [4.78, 5) is 30.7. The zero-order valence-electron chi connectivity index (χ0n) is 18.4. The Hall–Kier alpha value is -3.36. The molecule has 1 fully saturated rings. The van der Waals surface area contributed by atoms with Gasteiger partial charge in [-0.2, -0.15) is 0 Å². The Morgan fingerprint density at radius 2 is 1.88 bits per heavy atom. The maximum Gasteiger partial charge on any atom is 0.241 e. The lowest BCUT2D eigenvalue weighted by Gasteiger charge is -2.29. The predicted molar refractivity (Wildman–Crippen MR) is 131 cm³/mol. The average Bonchev–Trinajstić information content (AvgIpc) is 3.19. The number of thiophene rings is 1. The Morgan fingerprint density at radius 1 is 1.12 bits per heavy atom. The van der Waals surface area contributed by atoms with Crippen molar-refractivity contribution in [2.45, 2.75) is 25.9 Å². The number of fused-ring (bicyclic) bond motifs is 1. The Balaban J connectivity index is 1.55. The van der Waals surface area contributed by atoms with Gasteiger partial charge in [-0.05, 0) is 37.5 Å². The van der Waals surface area contributed by atoms with E-state index < -0.39 is 0 Å². The Morgan fingerprint density at radius 3 is 2.61 bits per heavy atom. The molecular weight excluding hydrogens is 434 g/mol. The summed E-state index contributed by atoms with van der Waals surface area (Å²) in [5.74, 6) is 1.16.